The molecule has 6 heterocycles. The maximum atomic E-state index is 16.6. The second-order valence-electron chi connectivity index (χ2n) is 11.8. The van der Waals surface area contributed by atoms with Crippen LogP contribution in [0.3, 0.4) is 0 Å². The minimum Gasteiger partial charge on any atom is -0.472 e. The van der Waals surface area contributed by atoms with Gasteiger partial charge in [-0.1, -0.05) is 11.6 Å². The van der Waals surface area contributed by atoms with Gasteiger partial charge < -0.3 is 20.1 Å². The van der Waals surface area contributed by atoms with Crippen molar-refractivity contribution < 1.29 is 18.7 Å². The minimum absolute atomic E-state index is 0.0519. The first-order valence-electron chi connectivity index (χ1n) is 13.3. The molecule has 2 bridgehead atoms. The number of piperazine rings is 1. The third-order valence-electron chi connectivity index (χ3n) is 8.07. The smallest absolute Gasteiger partial charge is 0.410 e. The highest BCUT2D eigenvalue weighted by atomic mass is 127. The maximum absolute atomic E-state index is 16.6. The van der Waals surface area contributed by atoms with Crippen molar-refractivity contribution in [2.45, 2.75) is 84.2 Å². The molecule has 9 nitrogen and oxygen atoms in total. The van der Waals surface area contributed by atoms with Gasteiger partial charge in [-0.25, -0.2) is 24.1 Å². The van der Waals surface area contributed by atoms with E-state index in [4.69, 9.17) is 36.8 Å². The Morgan fingerprint density at radius 3 is 2.65 bits per heavy atom. The lowest BCUT2D eigenvalue weighted by Crippen LogP contribution is -2.65. The van der Waals surface area contributed by atoms with Crippen LogP contribution in [0.15, 0.2) is 6.07 Å². The van der Waals surface area contributed by atoms with Crippen LogP contribution in [0.5, 0.6) is 5.88 Å². The minimum atomic E-state index is -0.605. The normalized spacial score (nSPS) is 23.6. The largest absolute Gasteiger partial charge is 0.472 e. The average molecular weight is 681 g/mol. The Kier molecular flexibility index (Phi) is 6.49. The number of aromatic nitrogens is 3. The van der Waals surface area contributed by atoms with Crippen molar-refractivity contribution in [3.63, 3.8) is 0 Å². The molecule has 0 saturated carbocycles. The number of amides is 1. The molecular weight excluding hydrogens is 650 g/mol. The predicted molar refractivity (Wildman–Crippen MR) is 160 cm³/mol. The highest BCUT2D eigenvalue weighted by Crippen LogP contribution is 2.48. The number of anilines is 2. The molecule has 3 aromatic rings. The number of carbonyl (C=O) groups excluding carboxylic acids is 1. The van der Waals surface area contributed by atoms with E-state index in [0.29, 0.717) is 49.4 Å². The number of ether oxygens (including phenoxy) is 2. The van der Waals surface area contributed by atoms with Crippen molar-refractivity contribution >= 4 is 62.7 Å². The number of carbonyl (C=O) groups is 1. The molecule has 2 saturated heterocycles. The number of nitrogen functional groups attached to an aromatic ring is 1. The summed E-state index contributed by atoms with van der Waals surface area (Å²) in [5.74, 6) is 0.595. The zero-order chi connectivity index (χ0) is 28.8. The predicted octanol–water partition coefficient (Wildman–Crippen LogP) is 6.03. The van der Waals surface area contributed by atoms with Gasteiger partial charge in [0.1, 0.15) is 34.2 Å². The van der Waals surface area contributed by atoms with E-state index in [-0.39, 0.29) is 47.0 Å². The third-order valence-corrected chi connectivity index (χ3v) is 9.76. The molecule has 3 aromatic heterocycles. The molecule has 4 atom stereocenters. The lowest BCUT2D eigenvalue weighted by molar-refractivity contribution is 0.000959. The molecule has 2 fully saturated rings. The first kappa shape index (κ1) is 27.5. The van der Waals surface area contributed by atoms with Gasteiger partial charge in [0.05, 0.1) is 27.1 Å². The Morgan fingerprint density at radius 2 is 1.95 bits per heavy atom. The quantitative estimate of drug-likeness (QED) is 0.246. The van der Waals surface area contributed by atoms with Gasteiger partial charge in [0.15, 0.2) is 5.82 Å². The van der Waals surface area contributed by atoms with E-state index in [9.17, 15) is 4.79 Å². The van der Waals surface area contributed by atoms with E-state index in [1.165, 1.54) is 0 Å². The summed E-state index contributed by atoms with van der Waals surface area (Å²) in [7, 11) is 0. The second-order valence-corrected chi connectivity index (χ2v) is 13.3. The number of hydrogen-bond donors (Lipinski definition) is 1. The SMILES string of the molecule is Cc1nc2c3c(nc(-c4cc(N)nc(Cl)c4I)c(F)c3c1C)O[C@@H](C)[C@@H]1[C@@H]3CC[C@H](CN21)N3C(=O)OC(C)(C)C. The van der Waals surface area contributed by atoms with Crippen LogP contribution in [0.1, 0.15) is 51.8 Å². The molecule has 0 radical (unpaired) electrons. The molecule has 2 N–H and O–H groups in total. The summed E-state index contributed by atoms with van der Waals surface area (Å²) in [6.07, 6.45) is 0.949. The van der Waals surface area contributed by atoms with Crippen molar-refractivity contribution in [3.05, 3.63) is 31.9 Å². The van der Waals surface area contributed by atoms with Gasteiger partial charge in [-0.15, -0.1) is 0 Å². The van der Waals surface area contributed by atoms with Gasteiger partial charge >= 0.3 is 6.09 Å². The maximum Gasteiger partial charge on any atom is 0.410 e. The highest BCUT2D eigenvalue weighted by Gasteiger charge is 2.53. The van der Waals surface area contributed by atoms with Crippen molar-refractivity contribution in [1.82, 2.24) is 19.9 Å². The number of hydrogen-bond acceptors (Lipinski definition) is 8. The molecule has 0 spiro atoms. The molecule has 0 unspecified atom stereocenters. The van der Waals surface area contributed by atoms with E-state index in [1.54, 1.807) is 6.07 Å². The van der Waals surface area contributed by atoms with Gasteiger partial charge in [-0.3, -0.25) is 4.90 Å². The summed E-state index contributed by atoms with van der Waals surface area (Å²) in [6, 6.07) is 1.14. The van der Waals surface area contributed by atoms with Crippen LogP contribution in [0.25, 0.3) is 22.0 Å². The topological polar surface area (TPSA) is 107 Å². The van der Waals surface area contributed by atoms with Crippen LogP contribution in [0.4, 0.5) is 20.8 Å². The Bertz CT molecular complexity index is 1580. The summed E-state index contributed by atoms with van der Waals surface area (Å²) < 4.78 is 29.5. The van der Waals surface area contributed by atoms with Gasteiger partial charge in [-0.05, 0) is 88.6 Å². The van der Waals surface area contributed by atoms with Crippen LogP contribution in [0, 0.1) is 23.2 Å². The third kappa shape index (κ3) is 4.22. The molecule has 1 amide bonds. The fourth-order valence-electron chi connectivity index (χ4n) is 6.36. The van der Waals surface area contributed by atoms with Gasteiger partial charge in [0.25, 0.3) is 0 Å². The summed E-state index contributed by atoms with van der Waals surface area (Å²) in [6.45, 7) is 11.9. The molecule has 212 valence electrons. The van der Waals surface area contributed by atoms with Crippen LogP contribution in [-0.4, -0.2) is 62.3 Å². The first-order valence-corrected chi connectivity index (χ1v) is 14.8. The zero-order valence-electron chi connectivity index (χ0n) is 23.2. The van der Waals surface area contributed by atoms with Crippen LogP contribution in [0.2, 0.25) is 5.15 Å². The highest BCUT2D eigenvalue weighted by molar-refractivity contribution is 14.1. The molecule has 6 rings (SSSR count). The number of nitrogens with zero attached hydrogens (tertiary/aromatic N) is 5. The van der Waals surface area contributed by atoms with Gasteiger partial charge in [0, 0.05) is 23.2 Å². The monoisotopic (exact) mass is 680 g/mol. The van der Waals surface area contributed by atoms with Gasteiger partial charge in [0.2, 0.25) is 5.88 Å². The fourth-order valence-corrected chi connectivity index (χ4v) is 7.09. The number of fused-ring (bicyclic) bond motifs is 5. The summed E-state index contributed by atoms with van der Waals surface area (Å²) in [5, 5.41) is 1.11. The lowest BCUT2D eigenvalue weighted by atomic mass is 9.97. The number of aryl methyl sites for hydroxylation is 2. The molecule has 0 aliphatic carbocycles. The number of halogens is 3. The Labute approximate surface area is 250 Å². The van der Waals surface area contributed by atoms with Crippen molar-refractivity contribution in [2.24, 2.45) is 0 Å². The van der Waals surface area contributed by atoms with E-state index < -0.39 is 11.4 Å². The van der Waals surface area contributed by atoms with Crippen LogP contribution in [-0.2, 0) is 4.74 Å². The molecule has 3 aliphatic heterocycles. The lowest BCUT2D eigenvalue weighted by Gasteiger charge is -2.48. The Balaban J connectivity index is 1.54. The fraction of sp³-hybridized carbons (Fsp3) is 0.500. The van der Waals surface area contributed by atoms with E-state index >= 15 is 4.39 Å². The van der Waals surface area contributed by atoms with E-state index in [0.717, 1.165) is 12.8 Å². The molecule has 40 heavy (non-hydrogen) atoms. The number of nitrogens with two attached hydrogens (primary N) is 1. The first-order chi connectivity index (χ1) is 18.8. The van der Waals surface area contributed by atoms with Crippen LogP contribution >= 0.6 is 34.2 Å². The summed E-state index contributed by atoms with van der Waals surface area (Å²) >= 11 is 8.34. The standard InChI is InChI=1S/C28H31ClFIN6O3/c1-11-12(2)33-25-19-18(11)20(30)22(15-9-17(32)34-24(29)21(15)31)35-26(19)39-13(3)23-16-8-7-14(10-36(23)25)37(16)27(38)40-28(4,5)6/h9,13-14,16,23H,7-8,10H2,1-6H3,(H2,32,34)/t13-,14+,16-,23+/m0/s1. The van der Waals surface area contributed by atoms with Crippen molar-refractivity contribution in [2.75, 3.05) is 17.2 Å². The molecule has 0 aromatic carbocycles. The summed E-state index contributed by atoms with van der Waals surface area (Å²) in [5.41, 5.74) is 7.32. The molecular formula is C28H31ClFIN6O3. The zero-order valence-corrected chi connectivity index (χ0v) is 26.1. The summed E-state index contributed by atoms with van der Waals surface area (Å²) in [4.78, 5) is 31.2. The Hall–Kier alpha value is -2.67. The average Bonchev–Trinajstić information content (AvgIpc) is 3.11. The van der Waals surface area contributed by atoms with Crippen LogP contribution < -0.4 is 15.4 Å². The number of rotatable bonds is 1. The van der Waals surface area contributed by atoms with Crippen molar-refractivity contribution in [3.8, 4) is 17.1 Å². The van der Waals surface area contributed by atoms with E-state index in [1.807, 2.05) is 69.0 Å². The molecule has 3 aliphatic rings. The van der Waals surface area contributed by atoms with Gasteiger partial charge in [-0.2, -0.15) is 0 Å². The Morgan fingerprint density at radius 1 is 1.23 bits per heavy atom. The number of pyridine rings is 3. The van der Waals surface area contributed by atoms with Crippen molar-refractivity contribution in [1.29, 1.82) is 0 Å². The molecule has 12 heteroatoms. The second kappa shape index (κ2) is 9.43. The van der Waals surface area contributed by atoms with E-state index in [2.05, 4.69) is 9.88 Å².